The minimum absolute atomic E-state index is 0.250. The smallest absolute Gasteiger partial charge is 0.268 e. The first-order valence-corrected chi connectivity index (χ1v) is 9.10. The van der Waals surface area contributed by atoms with Crippen molar-refractivity contribution in [1.29, 1.82) is 10.5 Å². The average Bonchev–Trinajstić information content (AvgIpc) is 3.24. The van der Waals surface area contributed by atoms with Gasteiger partial charge in [-0.15, -0.1) is 0 Å². The fourth-order valence-electron chi connectivity index (χ4n) is 3.24. The quantitative estimate of drug-likeness (QED) is 0.801. The van der Waals surface area contributed by atoms with Gasteiger partial charge in [-0.1, -0.05) is 12.1 Å². The van der Waals surface area contributed by atoms with Crippen LogP contribution in [0.2, 0.25) is 0 Å². The van der Waals surface area contributed by atoms with E-state index in [1.54, 1.807) is 41.9 Å². The molecule has 0 radical (unpaired) electrons. The second-order valence-electron chi connectivity index (χ2n) is 7.04. The molecule has 8 nitrogen and oxygen atoms in total. The molecule has 1 fully saturated rings. The average molecular weight is 412 g/mol. The summed E-state index contributed by atoms with van der Waals surface area (Å²) in [7, 11) is 0. The van der Waals surface area contributed by atoms with Gasteiger partial charge in [-0.2, -0.15) is 15.6 Å². The summed E-state index contributed by atoms with van der Waals surface area (Å²) in [6.07, 6.45) is 0.819. The lowest BCUT2D eigenvalue weighted by molar-refractivity contribution is -0.131. The van der Waals surface area contributed by atoms with Crippen LogP contribution in [-0.2, 0) is 11.3 Å². The molecular formula is C20H18F2N6O2. The van der Waals surface area contributed by atoms with Crippen molar-refractivity contribution in [2.45, 2.75) is 31.9 Å². The summed E-state index contributed by atoms with van der Waals surface area (Å²) in [5.41, 5.74) is 2.11. The zero-order valence-electron chi connectivity index (χ0n) is 16.1. The molecule has 2 aromatic rings. The van der Waals surface area contributed by atoms with Crippen LogP contribution >= 0.6 is 0 Å². The minimum Gasteiger partial charge on any atom is -0.343 e. The van der Waals surface area contributed by atoms with Gasteiger partial charge in [0, 0.05) is 12.6 Å². The van der Waals surface area contributed by atoms with E-state index in [9.17, 15) is 18.4 Å². The Morgan fingerprint density at radius 2 is 2.00 bits per heavy atom. The molecule has 1 aliphatic rings. The lowest BCUT2D eigenvalue weighted by atomic mass is 10.1. The molecule has 10 heteroatoms. The summed E-state index contributed by atoms with van der Waals surface area (Å²) in [6, 6.07) is 9.45. The van der Waals surface area contributed by atoms with E-state index in [-0.39, 0.29) is 5.56 Å². The summed E-state index contributed by atoms with van der Waals surface area (Å²) in [6.45, 7) is 0.693. The third kappa shape index (κ3) is 4.61. The van der Waals surface area contributed by atoms with Crippen LogP contribution in [0.15, 0.2) is 30.5 Å². The number of aryl methyl sites for hydroxylation is 1. The minimum atomic E-state index is -3.11. The molecular weight excluding hydrogens is 394 g/mol. The Bertz CT molecular complexity index is 1050. The third-order valence-corrected chi connectivity index (χ3v) is 4.76. The van der Waals surface area contributed by atoms with Crippen LogP contribution in [0.4, 0.5) is 8.78 Å². The maximum absolute atomic E-state index is 13.5. The zero-order chi connectivity index (χ0) is 21.9. The molecule has 0 saturated carbocycles. The van der Waals surface area contributed by atoms with E-state index in [2.05, 4.69) is 10.4 Å². The Morgan fingerprint density at radius 1 is 1.30 bits per heavy atom. The van der Waals surface area contributed by atoms with Gasteiger partial charge in [0.1, 0.15) is 6.04 Å². The van der Waals surface area contributed by atoms with Crippen molar-refractivity contribution in [2.24, 2.45) is 0 Å². The molecule has 1 aromatic heterocycles. The van der Waals surface area contributed by atoms with Gasteiger partial charge in [-0.25, -0.2) is 8.78 Å². The van der Waals surface area contributed by atoms with Crippen LogP contribution < -0.4 is 5.32 Å². The standard InChI is InChI=1S/C20H18F2N6O2/c1-13-17(11-27(26-13)10-15-4-2-14(7-23)3-5-15)19(30)25-9-18(29)28-12-20(21,22)6-16(28)8-24/h2-5,11,16H,6,9-10,12H2,1H3,(H,25,30)/t16-/m0/s1. The summed E-state index contributed by atoms with van der Waals surface area (Å²) in [4.78, 5) is 25.4. The van der Waals surface area contributed by atoms with Gasteiger partial charge in [0.05, 0.1) is 48.6 Å². The van der Waals surface area contributed by atoms with E-state index in [0.717, 1.165) is 10.5 Å². The molecule has 0 bridgehead atoms. The van der Waals surface area contributed by atoms with E-state index < -0.39 is 43.3 Å². The van der Waals surface area contributed by atoms with Crippen molar-refractivity contribution in [1.82, 2.24) is 20.0 Å². The normalized spacial score (nSPS) is 17.2. The van der Waals surface area contributed by atoms with Crippen molar-refractivity contribution in [3.8, 4) is 12.1 Å². The predicted octanol–water partition coefficient (Wildman–Crippen LogP) is 1.60. The number of likely N-dealkylation sites (tertiary alicyclic amines) is 1. The van der Waals surface area contributed by atoms with Crippen LogP contribution in [0.3, 0.4) is 0 Å². The first kappa shape index (κ1) is 20.9. The second kappa shape index (κ2) is 8.29. The number of rotatable bonds is 5. The van der Waals surface area contributed by atoms with Crippen LogP contribution in [0.5, 0.6) is 0 Å². The molecule has 1 saturated heterocycles. The SMILES string of the molecule is Cc1nn(Cc2ccc(C#N)cc2)cc1C(=O)NCC(=O)N1CC(F)(F)C[C@H]1C#N. The predicted molar refractivity (Wildman–Crippen MR) is 100 cm³/mol. The molecule has 30 heavy (non-hydrogen) atoms. The highest BCUT2D eigenvalue weighted by molar-refractivity contribution is 5.97. The molecule has 2 heterocycles. The van der Waals surface area contributed by atoms with E-state index in [4.69, 9.17) is 10.5 Å². The first-order valence-electron chi connectivity index (χ1n) is 9.10. The van der Waals surface area contributed by atoms with Crippen molar-refractivity contribution in [3.63, 3.8) is 0 Å². The Hall–Kier alpha value is -3.79. The molecule has 0 unspecified atom stereocenters. The number of carbonyl (C=O) groups is 2. The van der Waals surface area contributed by atoms with Crippen molar-refractivity contribution in [2.75, 3.05) is 13.1 Å². The maximum atomic E-state index is 13.5. The number of nitrogens with one attached hydrogen (secondary N) is 1. The van der Waals surface area contributed by atoms with Gasteiger partial charge in [-0.3, -0.25) is 14.3 Å². The second-order valence-corrected chi connectivity index (χ2v) is 7.04. The number of nitrogens with zero attached hydrogens (tertiary/aromatic N) is 5. The number of hydrogen-bond donors (Lipinski definition) is 1. The van der Waals surface area contributed by atoms with E-state index in [0.29, 0.717) is 17.8 Å². The number of carbonyl (C=O) groups excluding carboxylic acids is 2. The Balaban J connectivity index is 1.61. The topological polar surface area (TPSA) is 115 Å². The van der Waals surface area contributed by atoms with Gasteiger partial charge >= 0.3 is 0 Å². The molecule has 3 rings (SSSR count). The number of alkyl halides is 2. The van der Waals surface area contributed by atoms with Gasteiger partial charge in [-0.05, 0) is 24.6 Å². The molecule has 1 aliphatic heterocycles. The molecule has 1 aromatic carbocycles. The van der Waals surface area contributed by atoms with Gasteiger partial charge < -0.3 is 10.2 Å². The Kier molecular flexibility index (Phi) is 5.79. The summed E-state index contributed by atoms with van der Waals surface area (Å²) in [5, 5.41) is 24.5. The lowest BCUT2D eigenvalue weighted by Gasteiger charge is -2.19. The third-order valence-electron chi connectivity index (χ3n) is 4.76. The fourth-order valence-corrected chi connectivity index (χ4v) is 3.24. The van der Waals surface area contributed by atoms with Gasteiger partial charge in [0.25, 0.3) is 11.8 Å². The van der Waals surface area contributed by atoms with Crippen LogP contribution in [0, 0.1) is 29.6 Å². The number of hydrogen-bond acceptors (Lipinski definition) is 5. The largest absolute Gasteiger partial charge is 0.343 e. The van der Waals surface area contributed by atoms with Gasteiger partial charge in [0.15, 0.2) is 0 Å². The number of amides is 2. The number of nitriles is 2. The fraction of sp³-hybridized carbons (Fsp3) is 0.350. The molecule has 2 amide bonds. The highest BCUT2D eigenvalue weighted by atomic mass is 19.3. The molecule has 1 N–H and O–H groups in total. The molecule has 0 aliphatic carbocycles. The summed E-state index contributed by atoms with van der Waals surface area (Å²) < 4.78 is 28.5. The van der Waals surface area contributed by atoms with Gasteiger partial charge in [0.2, 0.25) is 5.91 Å². The summed E-state index contributed by atoms with van der Waals surface area (Å²) in [5.74, 6) is -4.41. The van der Waals surface area contributed by atoms with Crippen molar-refractivity contribution < 1.29 is 18.4 Å². The van der Waals surface area contributed by atoms with E-state index in [1.165, 1.54) is 6.20 Å². The maximum Gasteiger partial charge on any atom is 0.268 e. The van der Waals surface area contributed by atoms with E-state index >= 15 is 0 Å². The Morgan fingerprint density at radius 3 is 2.63 bits per heavy atom. The monoisotopic (exact) mass is 412 g/mol. The summed E-state index contributed by atoms with van der Waals surface area (Å²) >= 11 is 0. The first-order chi connectivity index (χ1) is 14.2. The molecule has 1 atom stereocenters. The molecule has 0 spiro atoms. The lowest BCUT2D eigenvalue weighted by Crippen LogP contribution is -2.43. The zero-order valence-corrected chi connectivity index (χ0v) is 16.1. The highest BCUT2D eigenvalue weighted by Crippen LogP contribution is 2.31. The van der Waals surface area contributed by atoms with E-state index in [1.807, 2.05) is 6.07 Å². The molecule has 154 valence electrons. The number of halogens is 2. The van der Waals surface area contributed by atoms with Crippen molar-refractivity contribution in [3.05, 3.63) is 52.8 Å². The Labute approximate surface area is 171 Å². The number of benzene rings is 1. The van der Waals surface area contributed by atoms with Crippen molar-refractivity contribution >= 4 is 11.8 Å². The van der Waals surface area contributed by atoms with Crippen LogP contribution in [-0.4, -0.2) is 51.5 Å². The van der Waals surface area contributed by atoms with Crippen LogP contribution in [0.1, 0.15) is 33.6 Å². The van der Waals surface area contributed by atoms with Crippen LogP contribution in [0.25, 0.3) is 0 Å². The number of aromatic nitrogens is 2. The highest BCUT2D eigenvalue weighted by Gasteiger charge is 2.47.